The fourth-order valence-corrected chi connectivity index (χ4v) is 4.56. The first-order chi connectivity index (χ1) is 15.2. The minimum absolute atomic E-state index is 0.0355. The second-order valence-corrected chi connectivity index (χ2v) is 8.69. The molecule has 2 aliphatic heterocycles. The summed E-state index contributed by atoms with van der Waals surface area (Å²) in [6.07, 6.45) is 0. The van der Waals surface area contributed by atoms with Gasteiger partial charge in [-0.1, -0.05) is 58.4 Å². The van der Waals surface area contributed by atoms with Crippen LogP contribution in [0.25, 0.3) is 0 Å². The molecule has 0 atom stereocenters. The summed E-state index contributed by atoms with van der Waals surface area (Å²) in [6, 6.07) is 26.2. The fraction of sp³-hybridized carbons (Fsp3) is 0.200. The van der Waals surface area contributed by atoms with Crippen LogP contribution in [0.3, 0.4) is 0 Å². The minimum Gasteiger partial charge on any atom is -0.369 e. The zero-order valence-electron chi connectivity index (χ0n) is 17.1. The third-order valence-electron chi connectivity index (χ3n) is 5.78. The van der Waals surface area contributed by atoms with Crippen LogP contribution < -0.4 is 9.80 Å². The Morgan fingerprint density at radius 1 is 0.839 bits per heavy atom. The van der Waals surface area contributed by atoms with E-state index in [9.17, 15) is 4.79 Å². The lowest BCUT2D eigenvalue weighted by atomic mass is 10.1. The van der Waals surface area contributed by atoms with Crippen molar-refractivity contribution >= 4 is 44.6 Å². The monoisotopic (exact) mass is 474 g/mol. The van der Waals surface area contributed by atoms with Crippen LogP contribution in [0.2, 0.25) is 0 Å². The highest BCUT2D eigenvalue weighted by Gasteiger charge is 2.35. The van der Waals surface area contributed by atoms with Crippen LogP contribution in [0, 0.1) is 0 Å². The minimum atomic E-state index is -0.0355. The molecule has 5 rings (SSSR count). The number of hydrogen-bond donors (Lipinski definition) is 0. The van der Waals surface area contributed by atoms with Crippen LogP contribution >= 0.6 is 15.9 Å². The lowest BCUT2D eigenvalue weighted by molar-refractivity contribution is -0.112. The van der Waals surface area contributed by atoms with Crippen molar-refractivity contribution in [3.63, 3.8) is 0 Å². The number of benzene rings is 3. The summed E-state index contributed by atoms with van der Waals surface area (Å²) in [7, 11) is 0. The van der Waals surface area contributed by atoms with Crippen LogP contribution in [0.5, 0.6) is 0 Å². The first-order valence-corrected chi connectivity index (χ1v) is 11.3. The molecule has 1 saturated heterocycles. The highest BCUT2D eigenvalue weighted by Crippen LogP contribution is 2.31. The van der Waals surface area contributed by atoms with Gasteiger partial charge in [0.1, 0.15) is 5.71 Å². The molecule has 156 valence electrons. The Morgan fingerprint density at radius 2 is 1.58 bits per heavy atom. The number of piperazine rings is 1. The van der Waals surface area contributed by atoms with Crippen LogP contribution in [-0.4, -0.2) is 49.4 Å². The van der Waals surface area contributed by atoms with E-state index in [4.69, 9.17) is 4.99 Å². The topological polar surface area (TPSA) is 39.2 Å². The molecular formula is C25H23BrN4O. The third kappa shape index (κ3) is 4.13. The fourth-order valence-electron chi connectivity index (χ4n) is 4.17. The Balaban J connectivity index is 1.34. The maximum Gasteiger partial charge on any atom is 0.278 e. The van der Waals surface area contributed by atoms with Gasteiger partial charge in [-0.25, -0.2) is 4.99 Å². The molecule has 3 aromatic rings. The van der Waals surface area contributed by atoms with Gasteiger partial charge in [-0.2, -0.15) is 0 Å². The van der Waals surface area contributed by atoms with Crippen LogP contribution in [0.4, 0.5) is 17.1 Å². The molecule has 0 bridgehead atoms. The molecule has 0 unspecified atom stereocenters. The van der Waals surface area contributed by atoms with E-state index >= 15 is 0 Å². The van der Waals surface area contributed by atoms with Gasteiger partial charge in [-0.15, -0.1) is 0 Å². The van der Waals surface area contributed by atoms with E-state index in [1.165, 1.54) is 5.69 Å². The molecule has 1 fully saturated rings. The standard InChI is InChI=1S/C25H23BrN4O/c26-19-7-6-8-20(17-19)27-24-22-11-4-5-12-23(22)30(25(24)31)18-28-13-15-29(16-14-28)21-9-2-1-3-10-21/h1-12,17H,13-16,18H2. The van der Waals surface area contributed by atoms with E-state index in [1.807, 2.05) is 59.5 Å². The van der Waals surface area contributed by atoms with Gasteiger partial charge in [0.15, 0.2) is 0 Å². The lowest BCUT2D eigenvalue weighted by Crippen LogP contribution is -2.51. The van der Waals surface area contributed by atoms with E-state index < -0.39 is 0 Å². The van der Waals surface area contributed by atoms with Gasteiger partial charge >= 0.3 is 0 Å². The summed E-state index contributed by atoms with van der Waals surface area (Å²) in [4.78, 5) is 24.7. The van der Waals surface area contributed by atoms with Crippen LogP contribution in [-0.2, 0) is 4.79 Å². The smallest absolute Gasteiger partial charge is 0.278 e. The summed E-state index contributed by atoms with van der Waals surface area (Å²) in [6.45, 7) is 4.31. The number of aliphatic imine (C=N–C) groups is 1. The first kappa shape index (κ1) is 20.0. The number of anilines is 2. The quantitative estimate of drug-likeness (QED) is 0.550. The summed E-state index contributed by atoms with van der Waals surface area (Å²) in [5.41, 5.74) is 4.37. The number of para-hydroxylation sites is 2. The van der Waals surface area contributed by atoms with Gasteiger partial charge in [-0.3, -0.25) is 14.6 Å². The molecule has 0 aromatic heterocycles. The largest absolute Gasteiger partial charge is 0.369 e. The third-order valence-corrected chi connectivity index (χ3v) is 6.28. The van der Waals surface area contributed by atoms with Gasteiger partial charge in [0.05, 0.1) is 18.0 Å². The number of nitrogens with zero attached hydrogens (tertiary/aromatic N) is 4. The van der Waals surface area contributed by atoms with E-state index in [1.54, 1.807) is 0 Å². The molecule has 31 heavy (non-hydrogen) atoms. The summed E-state index contributed by atoms with van der Waals surface area (Å²) in [5.74, 6) is -0.0355. The van der Waals surface area contributed by atoms with E-state index in [0.29, 0.717) is 12.4 Å². The average Bonchev–Trinajstić information content (AvgIpc) is 3.06. The highest BCUT2D eigenvalue weighted by atomic mass is 79.9. The van der Waals surface area contributed by atoms with Gasteiger partial charge in [-0.05, 0) is 36.4 Å². The Kier molecular flexibility index (Phi) is 5.57. The zero-order valence-corrected chi connectivity index (χ0v) is 18.7. The molecule has 0 aliphatic carbocycles. The zero-order chi connectivity index (χ0) is 21.2. The van der Waals surface area contributed by atoms with Crippen LogP contribution in [0.15, 0.2) is 88.3 Å². The number of rotatable bonds is 4. The van der Waals surface area contributed by atoms with Crippen molar-refractivity contribution in [2.75, 3.05) is 42.6 Å². The highest BCUT2D eigenvalue weighted by molar-refractivity contribution is 9.10. The molecule has 0 N–H and O–H groups in total. The first-order valence-electron chi connectivity index (χ1n) is 10.5. The second-order valence-electron chi connectivity index (χ2n) is 7.77. The van der Waals surface area contributed by atoms with Crippen molar-refractivity contribution in [1.29, 1.82) is 0 Å². The van der Waals surface area contributed by atoms with Crippen molar-refractivity contribution in [3.8, 4) is 0 Å². The molecule has 6 heteroatoms. The normalized spacial score (nSPS) is 18.0. The molecular weight excluding hydrogens is 452 g/mol. The predicted octanol–water partition coefficient (Wildman–Crippen LogP) is 4.70. The van der Waals surface area contributed by atoms with E-state index in [2.05, 4.69) is 50.0 Å². The molecule has 3 aromatic carbocycles. The van der Waals surface area contributed by atoms with Crippen LogP contribution in [0.1, 0.15) is 5.56 Å². The van der Waals surface area contributed by atoms with Gasteiger partial charge in [0.2, 0.25) is 0 Å². The number of hydrogen-bond acceptors (Lipinski definition) is 4. The van der Waals surface area contributed by atoms with E-state index in [0.717, 1.165) is 47.6 Å². The predicted molar refractivity (Wildman–Crippen MR) is 129 cm³/mol. The molecule has 1 amide bonds. The Hall–Kier alpha value is -2.96. The SMILES string of the molecule is O=C1C(=Nc2cccc(Br)c2)c2ccccc2N1CN1CCN(c2ccccc2)CC1. The lowest BCUT2D eigenvalue weighted by Gasteiger charge is -2.37. The molecule has 0 radical (unpaired) electrons. The average molecular weight is 475 g/mol. The van der Waals surface area contributed by atoms with E-state index in [-0.39, 0.29) is 5.91 Å². The van der Waals surface area contributed by atoms with Crippen molar-refractivity contribution in [3.05, 3.63) is 88.9 Å². The Labute approximate surface area is 190 Å². The number of carbonyl (C=O) groups is 1. The Morgan fingerprint density at radius 3 is 2.35 bits per heavy atom. The van der Waals surface area contributed by atoms with Crippen molar-refractivity contribution < 1.29 is 4.79 Å². The number of carbonyl (C=O) groups excluding carboxylic acids is 1. The van der Waals surface area contributed by atoms with Gasteiger partial charge < -0.3 is 4.90 Å². The molecule has 2 heterocycles. The molecule has 2 aliphatic rings. The molecule has 5 nitrogen and oxygen atoms in total. The van der Waals surface area contributed by atoms with Crippen molar-refractivity contribution in [1.82, 2.24) is 4.90 Å². The van der Waals surface area contributed by atoms with Gasteiger partial charge in [0.25, 0.3) is 5.91 Å². The summed E-state index contributed by atoms with van der Waals surface area (Å²) in [5, 5.41) is 0. The summed E-state index contributed by atoms with van der Waals surface area (Å²) >= 11 is 3.48. The maximum atomic E-state index is 13.4. The Bertz CT molecular complexity index is 1120. The number of halogens is 1. The molecule has 0 saturated carbocycles. The number of fused-ring (bicyclic) bond motifs is 1. The molecule has 0 spiro atoms. The number of amides is 1. The van der Waals surface area contributed by atoms with Crippen molar-refractivity contribution in [2.24, 2.45) is 4.99 Å². The summed E-state index contributed by atoms with van der Waals surface area (Å²) < 4.78 is 0.946. The maximum absolute atomic E-state index is 13.4. The van der Waals surface area contributed by atoms with Crippen molar-refractivity contribution in [2.45, 2.75) is 0 Å². The van der Waals surface area contributed by atoms with Gasteiger partial charge in [0, 0.05) is 41.9 Å². The second kappa shape index (κ2) is 8.65.